The number of benzene rings is 1. The lowest BCUT2D eigenvalue weighted by molar-refractivity contribution is -0.145. The zero-order valence-corrected chi connectivity index (χ0v) is 10.8. The van der Waals surface area contributed by atoms with Crippen molar-refractivity contribution in [3.63, 3.8) is 0 Å². The summed E-state index contributed by atoms with van der Waals surface area (Å²) < 4.78 is 38.1. The number of fused-ring (bicyclic) bond motifs is 5. The fraction of sp³-hybridized carbons (Fsp3) is 0.0667. The van der Waals surface area contributed by atoms with Crippen molar-refractivity contribution in [1.82, 2.24) is 15.0 Å². The van der Waals surface area contributed by atoms with E-state index in [0.29, 0.717) is 22.0 Å². The molecule has 0 saturated heterocycles. The van der Waals surface area contributed by atoms with Crippen LogP contribution in [0.1, 0.15) is 21.9 Å². The van der Waals surface area contributed by atoms with Crippen LogP contribution in [0.2, 0.25) is 0 Å². The van der Waals surface area contributed by atoms with Gasteiger partial charge in [0.05, 0.1) is 11.1 Å². The molecule has 0 bridgehead atoms. The first-order valence-electron chi connectivity index (χ1n) is 6.34. The molecule has 22 heavy (non-hydrogen) atoms. The first-order valence-corrected chi connectivity index (χ1v) is 6.34. The predicted molar refractivity (Wildman–Crippen MR) is 71.2 cm³/mol. The molecule has 0 fully saturated rings. The van der Waals surface area contributed by atoms with Gasteiger partial charge in [-0.1, -0.05) is 18.2 Å². The van der Waals surface area contributed by atoms with E-state index in [0.717, 1.165) is 6.20 Å². The van der Waals surface area contributed by atoms with E-state index in [4.69, 9.17) is 0 Å². The van der Waals surface area contributed by atoms with Crippen LogP contribution in [0.5, 0.6) is 0 Å². The average Bonchev–Trinajstić information content (AvgIpc) is 2.79. The van der Waals surface area contributed by atoms with Gasteiger partial charge in [0.15, 0.2) is 0 Å². The maximum Gasteiger partial charge on any atom is 0.451 e. The molecular weight excluding hydrogens is 295 g/mol. The number of carbonyl (C=O) groups is 1. The third-order valence-corrected chi connectivity index (χ3v) is 3.55. The lowest BCUT2D eigenvalue weighted by atomic mass is 10.0. The molecule has 0 amide bonds. The van der Waals surface area contributed by atoms with Crippen molar-refractivity contribution < 1.29 is 18.0 Å². The van der Waals surface area contributed by atoms with Crippen LogP contribution in [0.25, 0.3) is 22.0 Å². The van der Waals surface area contributed by atoms with E-state index < -0.39 is 17.8 Å². The molecule has 108 valence electrons. The Morgan fingerprint density at radius 2 is 1.68 bits per heavy atom. The van der Waals surface area contributed by atoms with Gasteiger partial charge >= 0.3 is 6.18 Å². The number of hydrogen-bond acceptors (Lipinski definition) is 4. The van der Waals surface area contributed by atoms with Gasteiger partial charge in [-0.2, -0.15) is 13.2 Å². The molecule has 0 atom stereocenters. The number of rotatable bonds is 0. The molecule has 2 aromatic heterocycles. The zero-order valence-electron chi connectivity index (χ0n) is 10.8. The summed E-state index contributed by atoms with van der Waals surface area (Å²) in [6.45, 7) is 0. The average molecular weight is 301 g/mol. The minimum atomic E-state index is -4.69. The fourth-order valence-corrected chi connectivity index (χ4v) is 2.61. The summed E-state index contributed by atoms with van der Waals surface area (Å²) in [5, 5.41) is 0.690. The SMILES string of the molecule is O=C1c2cnc3ccccc3c2-c2cnc(C(F)(F)F)nc21. The quantitative estimate of drug-likeness (QED) is 0.500. The van der Waals surface area contributed by atoms with Crippen LogP contribution in [0.15, 0.2) is 36.7 Å². The van der Waals surface area contributed by atoms with E-state index in [1.54, 1.807) is 24.3 Å². The van der Waals surface area contributed by atoms with Crippen molar-refractivity contribution >= 4 is 16.7 Å². The van der Waals surface area contributed by atoms with E-state index >= 15 is 0 Å². The highest BCUT2D eigenvalue weighted by Gasteiger charge is 2.38. The number of carbonyl (C=O) groups excluding carboxylic acids is 1. The Bertz CT molecular complexity index is 950. The van der Waals surface area contributed by atoms with Crippen molar-refractivity contribution in [3.8, 4) is 11.1 Å². The van der Waals surface area contributed by atoms with Crippen molar-refractivity contribution in [2.75, 3.05) is 0 Å². The molecule has 0 unspecified atom stereocenters. The van der Waals surface area contributed by atoms with Crippen molar-refractivity contribution in [1.29, 1.82) is 0 Å². The maximum atomic E-state index is 12.7. The Kier molecular flexibility index (Phi) is 2.40. The highest BCUT2D eigenvalue weighted by molar-refractivity contribution is 6.24. The summed E-state index contributed by atoms with van der Waals surface area (Å²) in [5.41, 5.74) is 1.53. The van der Waals surface area contributed by atoms with Crippen LogP contribution >= 0.6 is 0 Å². The van der Waals surface area contributed by atoms with Crippen molar-refractivity contribution in [3.05, 3.63) is 53.7 Å². The topological polar surface area (TPSA) is 55.7 Å². The fourth-order valence-electron chi connectivity index (χ4n) is 2.61. The largest absolute Gasteiger partial charge is 0.451 e. The van der Waals surface area contributed by atoms with Crippen LogP contribution < -0.4 is 0 Å². The van der Waals surface area contributed by atoms with Crippen LogP contribution in [0.4, 0.5) is 13.2 Å². The number of alkyl halides is 3. The van der Waals surface area contributed by atoms with Gasteiger partial charge in [-0.15, -0.1) is 0 Å². The minimum absolute atomic E-state index is 0.226. The van der Waals surface area contributed by atoms with Gasteiger partial charge in [-0.25, -0.2) is 9.97 Å². The lowest BCUT2D eigenvalue weighted by Crippen LogP contribution is -2.13. The molecule has 0 spiro atoms. The number of nitrogens with zero attached hydrogens (tertiary/aromatic N) is 3. The molecular formula is C15H6F3N3O. The molecule has 0 N–H and O–H groups in total. The monoisotopic (exact) mass is 301 g/mol. The number of hydrogen-bond donors (Lipinski definition) is 0. The van der Waals surface area contributed by atoms with Gasteiger partial charge in [-0.3, -0.25) is 9.78 Å². The maximum absolute atomic E-state index is 12.7. The zero-order chi connectivity index (χ0) is 15.5. The molecule has 4 rings (SSSR count). The second-order valence-corrected chi connectivity index (χ2v) is 4.85. The molecule has 7 heteroatoms. The highest BCUT2D eigenvalue weighted by Crippen LogP contribution is 2.40. The molecule has 2 heterocycles. The van der Waals surface area contributed by atoms with Crippen LogP contribution in [-0.4, -0.2) is 20.7 Å². The second-order valence-electron chi connectivity index (χ2n) is 4.85. The molecule has 0 aliphatic heterocycles. The molecule has 1 aliphatic carbocycles. The Balaban J connectivity index is 2.05. The summed E-state index contributed by atoms with van der Waals surface area (Å²) in [7, 11) is 0. The summed E-state index contributed by atoms with van der Waals surface area (Å²) in [6, 6.07) is 7.10. The minimum Gasteiger partial charge on any atom is -0.287 e. The van der Waals surface area contributed by atoms with E-state index in [1.807, 2.05) is 0 Å². The van der Waals surface area contributed by atoms with E-state index in [-0.39, 0.29) is 11.3 Å². The summed E-state index contributed by atoms with van der Waals surface area (Å²) in [5.74, 6) is -1.87. The Labute approximate surface area is 121 Å². The number of pyridine rings is 1. The number of para-hydroxylation sites is 1. The van der Waals surface area contributed by atoms with Gasteiger partial charge in [0.1, 0.15) is 5.69 Å². The normalized spacial score (nSPS) is 13.3. The first kappa shape index (κ1) is 12.9. The summed E-state index contributed by atoms with van der Waals surface area (Å²) in [6.07, 6.45) is -2.26. The molecule has 0 radical (unpaired) electrons. The van der Waals surface area contributed by atoms with E-state index in [2.05, 4.69) is 15.0 Å². The first-order chi connectivity index (χ1) is 10.5. The standard InChI is InChI=1S/C15H6F3N3O/c16-15(17,18)14-20-5-8-11-7-3-1-2-4-10(7)19-6-9(11)13(22)12(8)21-14/h1-6H. The third-order valence-electron chi connectivity index (χ3n) is 3.55. The van der Waals surface area contributed by atoms with Gasteiger partial charge in [0.25, 0.3) is 0 Å². The molecule has 1 aromatic carbocycles. The number of halogens is 3. The Hall–Kier alpha value is -2.83. The number of aromatic nitrogens is 3. The van der Waals surface area contributed by atoms with Crippen LogP contribution in [-0.2, 0) is 6.18 Å². The van der Waals surface area contributed by atoms with Gasteiger partial charge < -0.3 is 0 Å². The summed E-state index contributed by atoms with van der Waals surface area (Å²) in [4.78, 5) is 23.2. The van der Waals surface area contributed by atoms with Crippen molar-refractivity contribution in [2.45, 2.75) is 6.18 Å². The second kappa shape index (κ2) is 4.09. The van der Waals surface area contributed by atoms with E-state index in [1.165, 1.54) is 6.20 Å². The van der Waals surface area contributed by atoms with Crippen LogP contribution in [0, 0.1) is 0 Å². The number of ketones is 1. The molecule has 1 aliphatic rings. The Morgan fingerprint density at radius 1 is 0.955 bits per heavy atom. The van der Waals surface area contributed by atoms with E-state index in [9.17, 15) is 18.0 Å². The van der Waals surface area contributed by atoms with Crippen molar-refractivity contribution in [2.24, 2.45) is 0 Å². The smallest absolute Gasteiger partial charge is 0.287 e. The summed E-state index contributed by atoms with van der Waals surface area (Å²) >= 11 is 0. The molecule has 3 aromatic rings. The van der Waals surface area contributed by atoms with Gasteiger partial charge in [0.2, 0.25) is 11.6 Å². The Morgan fingerprint density at radius 3 is 2.45 bits per heavy atom. The highest BCUT2D eigenvalue weighted by atomic mass is 19.4. The third kappa shape index (κ3) is 1.65. The van der Waals surface area contributed by atoms with Gasteiger partial charge in [0, 0.05) is 28.9 Å². The molecule has 0 saturated carbocycles. The van der Waals surface area contributed by atoms with Gasteiger partial charge in [-0.05, 0) is 6.07 Å². The molecule has 4 nitrogen and oxygen atoms in total. The van der Waals surface area contributed by atoms with Crippen LogP contribution in [0.3, 0.4) is 0 Å². The predicted octanol–water partition coefficient (Wildman–Crippen LogP) is 3.26. The lowest BCUT2D eigenvalue weighted by Gasteiger charge is -2.06.